The van der Waals surface area contributed by atoms with Crippen LogP contribution in [0.1, 0.15) is 5.56 Å². The van der Waals surface area contributed by atoms with Gasteiger partial charge in [0.2, 0.25) is 0 Å². The zero-order chi connectivity index (χ0) is 15.2. The summed E-state index contributed by atoms with van der Waals surface area (Å²) in [6, 6.07) is 7.27. The summed E-state index contributed by atoms with van der Waals surface area (Å²) >= 11 is 7.33. The van der Waals surface area contributed by atoms with Crippen molar-refractivity contribution in [2.24, 2.45) is 4.99 Å². The van der Waals surface area contributed by atoms with Gasteiger partial charge in [0, 0.05) is 17.3 Å². The Morgan fingerprint density at radius 3 is 2.57 bits per heavy atom. The number of carbonyl (C=O) groups excluding carboxylic acids is 1. The van der Waals surface area contributed by atoms with E-state index in [9.17, 15) is 4.79 Å². The molecule has 1 aromatic carbocycles. The summed E-state index contributed by atoms with van der Waals surface area (Å²) in [5.41, 5.74) is 1.31. The highest BCUT2D eigenvalue weighted by molar-refractivity contribution is 8.14. The normalized spacial score (nSPS) is 16.2. The van der Waals surface area contributed by atoms with E-state index in [2.05, 4.69) is 18.2 Å². The fourth-order valence-corrected chi connectivity index (χ4v) is 2.65. The van der Waals surface area contributed by atoms with E-state index in [0.29, 0.717) is 28.2 Å². The van der Waals surface area contributed by atoms with Crippen molar-refractivity contribution in [1.82, 2.24) is 4.90 Å². The molecule has 3 nitrogen and oxygen atoms in total. The maximum Gasteiger partial charge on any atom is 0.278 e. The van der Waals surface area contributed by atoms with Gasteiger partial charge in [-0.1, -0.05) is 47.6 Å². The van der Waals surface area contributed by atoms with Crippen molar-refractivity contribution in [3.63, 3.8) is 0 Å². The molecule has 1 aliphatic rings. The van der Waals surface area contributed by atoms with Gasteiger partial charge in [-0.05, 0) is 23.8 Å². The lowest BCUT2D eigenvalue weighted by Gasteiger charge is -2.14. The molecular weight excluding hydrogens is 304 g/mol. The predicted octanol–water partition coefficient (Wildman–Crippen LogP) is 3.98. The molecule has 0 saturated heterocycles. The highest BCUT2D eigenvalue weighted by atomic mass is 35.5. The monoisotopic (exact) mass is 318 g/mol. The standard InChI is InChI=1S/C16H15ClN2OS/c1-3-9-19-15(20)14(18-16(19)21-10-4-2)11-12-5-7-13(17)8-6-12/h3-8,11H,1-2,9-10H2. The smallest absolute Gasteiger partial charge is 0.278 e. The second kappa shape index (κ2) is 7.29. The van der Waals surface area contributed by atoms with E-state index in [1.807, 2.05) is 12.1 Å². The van der Waals surface area contributed by atoms with Crippen LogP contribution in [0, 0.1) is 0 Å². The lowest BCUT2D eigenvalue weighted by Crippen LogP contribution is -2.30. The Morgan fingerprint density at radius 1 is 1.24 bits per heavy atom. The van der Waals surface area contributed by atoms with Gasteiger partial charge in [-0.25, -0.2) is 4.99 Å². The van der Waals surface area contributed by atoms with E-state index in [1.54, 1.807) is 35.3 Å². The third-order valence-electron chi connectivity index (χ3n) is 2.73. The lowest BCUT2D eigenvalue weighted by atomic mass is 10.2. The molecule has 0 saturated carbocycles. The molecule has 0 N–H and O–H groups in total. The minimum Gasteiger partial charge on any atom is -0.282 e. The van der Waals surface area contributed by atoms with E-state index in [0.717, 1.165) is 5.56 Å². The van der Waals surface area contributed by atoms with E-state index < -0.39 is 0 Å². The number of nitrogens with zero attached hydrogens (tertiary/aromatic N) is 2. The topological polar surface area (TPSA) is 32.7 Å². The third-order valence-corrected chi connectivity index (χ3v) is 3.95. The van der Waals surface area contributed by atoms with Crippen LogP contribution >= 0.6 is 23.4 Å². The van der Waals surface area contributed by atoms with E-state index in [4.69, 9.17) is 11.6 Å². The van der Waals surface area contributed by atoms with Crippen LogP contribution in [0.5, 0.6) is 0 Å². The van der Waals surface area contributed by atoms with Crippen LogP contribution in [0.4, 0.5) is 0 Å². The molecule has 1 amide bonds. The fraction of sp³-hybridized carbons (Fsp3) is 0.125. The highest BCUT2D eigenvalue weighted by Crippen LogP contribution is 2.24. The molecule has 21 heavy (non-hydrogen) atoms. The Hall–Kier alpha value is -1.78. The summed E-state index contributed by atoms with van der Waals surface area (Å²) in [6.07, 6.45) is 5.23. The molecule has 1 aliphatic heterocycles. The van der Waals surface area contributed by atoms with Crippen LogP contribution in [0.3, 0.4) is 0 Å². The maximum atomic E-state index is 12.4. The average molecular weight is 319 g/mol. The number of amidine groups is 1. The van der Waals surface area contributed by atoms with Crippen molar-refractivity contribution < 1.29 is 4.79 Å². The SMILES string of the molecule is C=CCSC1=NC(=Cc2ccc(Cl)cc2)C(=O)N1CC=C. The Labute approximate surface area is 133 Å². The zero-order valence-electron chi connectivity index (χ0n) is 11.5. The van der Waals surface area contributed by atoms with Gasteiger partial charge >= 0.3 is 0 Å². The first kappa shape index (κ1) is 15.6. The molecule has 0 aliphatic carbocycles. The van der Waals surface area contributed by atoms with Crippen LogP contribution in [-0.2, 0) is 4.79 Å². The Bertz CT molecular complexity index is 620. The number of halogens is 1. The summed E-state index contributed by atoms with van der Waals surface area (Å²) < 4.78 is 0. The van der Waals surface area contributed by atoms with Crippen LogP contribution in [-0.4, -0.2) is 28.3 Å². The molecule has 0 bridgehead atoms. The van der Waals surface area contributed by atoms with Crippen molar-refractivity contribution in [2.45, 2.75) is 0 Å². The Kier molecular flexibility index (Phi) is 5.42. The number of amides is 1. The summed E-state index contributed by atoms with van der Waals surface area (Å²) in [4.78, 5) is 18.4. The number of thioether (sulfide) groups is 1. The molecule has 0 spiro atoms. The second-order valence-corrected chi connectivity index (χ2v) is 5.70. The minimum absolute atomic E-state index is 0.114. The first-order chi connectivity index (χ1) is 10.2. The number of carbonyl (C=O) groups is 1. The van der Waals surface area contributed by atoms with Crippen LogP contribution in [0.2, 0.25) is 5.02 Å². The fourth-order valence-electron chi connectivity index (χ4n) is 1.78. The van der Waals surface area contributed by atoms with Crippen LogP contribution < -0.4 is 0 Å². The Balaban J connectivity index is 2.28. The summed E-state index contributed by atoms with van der Waals surface area (Å²) in [6.45, 7) is 7.80. The van der Waals surface area contributed by atoms with Crippen molar-refractivity contribution in [3.05, 3.63) is 65.9 Å². The van der Waals surface area contributed by atoms with E-state index in [1.165, 1.54) is 11.8 Å². The van der Waals surface area contributed by atoms with Gasteiger partial charge in [0.05, 0.1) is 0 Å². The molecule has 0 atom stereocenters. The van der Waals surface area contributed by atoms with Gasteiger partial charge in [0.1, 0.15) is 5.70 Å². The molecule has 108 valence electrons. The van der Waals surface area contributed by atoms with Crippen molar-refractivity contribution in [2.75, 3.05) is 12.3 Å². The highest BCUT2D eigenvalue weighted by Gasteiger charge is 2.29. The van der Waals surface area contributed by atoms with Gasteiger partial charge < -0.3 is 0 Å². The second-order valence-electron chi connectivity index (χ2n) is 4.28. The molecule has 5 heteroatoms. The van der Waals surface area contributed by atoms with Gasteiger partial charge in [-0.2, -0.15) is 0 Å². The van der Waals surface area contributed by atoms with Crippen molar-refractivity contribution in [1.29, 1.82) is 0 Å². The number of hydrogen-bond acceptors (Lipinski definition) is 3. The number of rotatable bonds is 5. The van der Waals surface area contributed by atoms with Gasteiger partial charge in [0.25, 0.3) is 5.91 Å². The van der Waals surface area contributed by atoms with E-state index >= 15 is 0 Å². The summed E-state index contributed by atoms with van der Waals surface area (Å²) in [5, 5.41) is 1.34. The first-order valence-electron chi connectivity index (χ1n) is 6.38. The lowest BCUT2D eigenvalue weighted by molar-refractivity contribution is -0.122. The number of benzene rings is 1. The molecule has 0 fully saturated rings. The Morgan fingerprint density at radius 2 is 1.95 bits per heavy atom. The predicted molar refractivity (Wildman–Crippen MR) is 91.4 cm³/mol. The molecule has 1 aromatic rings. The van der Waals surface area contributed by atoms with Crippen molar-refractivity contribution in [3.8, 4) is 0 Å². The number of aliphatic imine (C=N–C) groups is 1. The molecular formula is C16H15ClN2OS. The first-order valence-corrected chi connectivity index (χ1v) is 7.74. The summed E-state index contributed by atoms with van der Waals surface area (Å²) in [5.74, 6) is 0.588. The molecule has 0 aromatic heterocycles. The minimum atomic E-state index is -0.114. The molecule has 1 heterocycles. The van der Waals surface area contributed by atoms with Gasteiger partial charge in [-0.3, -0.25) is 9.69 Å². The average Bonchev–Trinajstić information content (AvgIpc) is 2.77. The third kappa shape index (κ3) is 3.86. The largest absolute Gasteiger partial charge is 0.282 e. The molecule has 0 radical (unpaired) electrons. The van der Waals surface area contributed by atoms with Crippen molar-refractivity contribution >= 4 is 40.5 Å². The van der Waals surface area contributed by atoms with E-state index in [-0.39, 0.29) is 5.91 Å². The maximum absolute atomic E-state index is 12.4. The summed E-state index contributed by atoms with van der Waals surface area (Å²) in [7, 11) is 0. The molecule has 2 rings (SSSR count). The zero-order valence-corrected chi connectivity index (χ0v) is 13.0. The van der Waals surface area contributed by atoms with Gasteiger partial charge in [0.15, 0.2) is 5.17 Å². The number of hydrogen-bond donors (Lipinski definition) is 0. The van der Waals surface area contributed by atoms with Crippen LogP contribution in [0.25, 0.3) is 6.08 Å². The molecule has 0 unspecified atom stereocenters. The quantitative estimate of drug-likeness (QED) is 0.607. The van der Waals surface area contributed by atoms with Gasteiger partial charge in [-0.15, -0.1) is 13.2 Å². The van der Waals surface area contributed by atoms with Crippen LogP contribution in [0.15, 0.2) is 60.3 Å².